The SMILES string of the molecule is COC(=O)c1ccccc1-n1c(C)cc(/C=c2\sc3nc4ccccc4n3c2=O)c1C. The van der Waals surface area contributed by atoms with Gasteiger partial charge in [0, 0.05) is 11.4 Å². The second-order valence-electron chi connectivity index (χ2n) is 7.30. The average molecular weight is 430 g/mol. The largest absolute Gasteiger partial charge is 0.465 e. The molecule has 0 unspecified atom stereocenters. The molecule has 0 spiro atoms. The Morgan fingerprint density at radius 2 is 1.84 bits per heavy atom. The van der Waals surface area contributed by atoms with Gasteiger partial charge in [-0.25, -0.2) is 14.2 Å². The summed E-state index contributed by atoms with van der Waals surface area (Å²) in [7, 11) is 1.38. The zero-order valence-corrected chi connectivity index (χ0v) is 18.1. The average Bonchev–Trinajstić information content (AvgIpc) is 3.38. The minimum absolute atomic E-state index is 0.0755. The van der Waals surface area contributed by atoms with Gasteiger partial charge in [-0.2, -0.15) is 0 Å². The minimum atomic E-state index is -0.387. The van der Waals surface area contributed by atoms with Gasteiger partial charge in [0.2, 0.25) is 0 Å². The van der Waals surface area contributed by atoms with Crippen molar-refractivity contribution >= 4 is 39.4 Å². The quantitative estimate of drug-likeness (QED) is 0.411. The number of ether oxygens (including phenoxy) is 1. The van der Waals surface area contributed by atoms with Crippen LogP contribution in [-0.2, 0) is 4.74 Å². The Morgan fingerprint density at radius 3 is 2.65 bits per heavy atom. The van der Waals surface area contributed by atoms with Crippen LogP contribution in [0.5, 0.6) is 0 Å². The van der Waals surface area contributed by atoms with E-state index in [9.17, 15) is 9.59 Å². The van der Waals surface area contributed by atoms with Crippen molar-refractivity contribution in [2.45, 2.75) is 13.8 Å². The van der Waals surface area contributed by atoms with Crippen molar-refractivity contribution < 1.29 is 9.53 Å². The lowest BCUT2D eigenvalue weighted by atomic mass is 10.1. The van der Waals surface area contributed by atoms with Gasteiger partial charge in [-0.05, 0) is 55.8 Å². The van der Waals surface area contributed by atoms with Gasteiger partial charge >= 0.3 is 5.97 Å². The summed E-state index contributed by atoms with van der Waals surface area (Å²) in [5, 5.41) is 0. The van der Waals surface area contributed by atoms with E-state index >= 15 is 0 Å². The van der Waals surface area contributed by atoms with Crippen molar-refractivity contribution in [1.82, 2.24) is 14.0 Å². The summed E-state index contributed by atoms with van der Waals surface area (Å²) in [5.41, 5.74) is 5.60. The van der Waals surface area contributed by atoms with Gasteiger partial charge in [-0.3, -0.25) is 4.79 Å². The molecule has 0 amide bonds. The molecule has 0 aliphatic heterocycles. The van der Waals surface area contributed by atoms with Crippen LogP contribution in [0.3, 0.4) is 0 Å². The van der Waals surface area contributed by atoms with E-state index in [2.05, 4.69) is 4.98 Å². The Morgan fingerprint density at radius 1 is 1.10 bits per heavy atom. The topological polar surface area (TPSA) is 65.6 Å². The number of hydrogen-bond acceptors (Lipinski definition) is 5. The molecule has 0 atom stereocenters. The Bertz CT molecular complexity index is 1590. The highest BCUT2D eigenvalue weighted by atomic mass is 32.1. The number of para-hydroxylation sites is 3. The smallest absolute Gasteiger partial charge is 0.339 e. The number of methoxy groups -OCH3 is 1. The van der Waals surface area contributed by atoms with E-state index in [0.717, 1.165) is 33.7 Å². The third-order valence-electron chi connectivity index (χ3n) is 5.45. The number of hydrogen-bond donors (Lipinski definition) is 0. The molecule has 5 rings (SSSR count). The van der Waals surface area contributed by atoms with E-state index in [-0.39, 0.29) is 11.5 Å². The number of benzene rings is 2. The fourth-order valence-corrected chi connectivity index (χ4v) is 4.99. The van der Waals surface area contributed by atoms with Crippen LogP contribution < -0.4 is 10.1 Å². The first-order valence-corrected chi connectivity index (χ1v) is 10.6. The number of aromatic nitrogens is 3. The van der Waals surface area contributed by atoms with Crippen molar-refractivity contribution in [2.75, 3.05) is 7.11 Å². The summed E-state index contributed by atoms with van der Waals surface area (Å²) in [6, 6.07) is 17.0. The number of rotatable bonds is 3. The highest BCUT2D eigenvalue weighted by Gasteiger charge is 2.17. The standard InChI is InChI=1S/C24H19N3O3S/c1-14-12-16(15(2)26(14)19-10-6-4-8-17(19)23(29)30-3)13-21-22(28)27-20-11-7-5-9-18(20)25-24(27)31-21/h4-13H,1-3H3/b21-13-. The molecule has 5 aromatic rings. The van der Waals surface area contributed by atoms with E-state index in [1.807, 2.05) is 73.0 Å². The lowest BCUT2D eigenvalue weighted by Crippen LogP contribution is -2.22. The first kappa shape index (κ1) is 19.3. The lowest BCUT2D eigenvalue weighted by Gasteiger charge is -2.13. The molecule has 6 nitrogen and oxygen atoms in total. The third kappa shape index (κ3) is 2.97. The monoisotopic (exact) mass is 429 g/mol. The normalized spacial score (nSPS) is 12.2. The van der Waals surface area contributed by atoms with Crippen LogP contribution in [-0.4, -0.2) is 27.0 Å². The second kappa shape index (κ2) is 7.21. The molecule has 0 bridgehead atoms. The molecule has 31 heavy (non-hydrogen) atoms. The van der Waals surface area contributed by atoms with Crippen molar-refractivity contribution in [3.8, 4) is 5.69 Å². The number of imidazole rings is 1. The molecule has 2 aromatic carbocycles. The Hall–Kier alpha value is -3.71. The maximum Gasteiger partial charge on any atom is 0.339 e. The summed E-state index contributed by atoms with van der Waals surface area (Å²) in [6.07, 6.45) is 1.90. The van der Waals surface area contributed by atoms with E-state index in [4.69, 9.17) is 4.74 Å². The van der Waals surface area contributed by atoms with E-state index in [1.54, 1.807) is 10.5 Å². The fourth-order valence-electron chi connectivity index (χ4n) is 4.01. The van der Waals surface area contributed by atoms with Gasteiger partial charge < -0.3 is 9.30 Å². The molecule has 0 saturated heterocycles. The van der Waals surface area contributed by atoms with Crippen LogP contribution in [0, 0.1) is 13.8 Å². The Kier molecular flexibility index (Phi) is 4.48. The van der Waals surface area contributed by atoms with E-state index in [1.165, 1.54) is 18.4 Å². The van der Waals surface area contributed by atoms with Gasteiger partial charge in [0.15, 0.2) is 4.96 Å². The Balaban J connectivity index is 1.70. The first-order chi connectivity index (χ1) is 15.0. The van der Waals surface area contributed by atoms with Gasteiger partial charge in [-0.1, -0.05) is 35.6 Å². The summed E-state index contributed by atoms with van der Waals surface area (Å²) in [5.74, 6) is -0.387. The number of esters is 1. The van der Waals surface area contributed by atoms with Crippen LogP contribution in [0.15, 0.2) is 59.4 Å². The molecule has 154 valence electrons. The zero-order valence-electron chi connectivity index (χ0n) is 17.2. The maximum atomic E-state index is 13.1. The summed E-state index contributed by atoms with van der Waals surface area (Å²) < 4.78 is 9.24. The third-order valence-corrected chi connectivity index (χ3v) is 6.42. The van der Waals surface area contributed by atoms with Crippen molar-refractivity contribution in [1.29, 1.82) is 0 Å². The highest BCUT2D eigenvalue weighted by molar-refractivity contribution is 7.15. The number of carbonyl (C=O) groups excluding carboxylic acids is 1. The molecule has 0 aliphatic carbocycles. The zero-order chi connectivity index (χ0) is 21.7. The molecule has 3 aromatic heterocycles. The van der Waals surface area contributed by atoms with E-state index < -0.39 is 0 Å². The summed E-state index contributed by atoms with van der Waals surface area (Å²) >= 11 is 1.38. The van der Waals surface area contributed by atoms with Crippen molar-refractivity contribution in [3.05, 3.63) is 92.0 Å². The number of aryl methyl sites for hydroxylation is 1. The van der Waals surface area contributed by atoms with Gasteiger partial charge in [0.25, 0.3) is 5.56 Å². The Labute approximate surface area is 181 Å². The van der Waals surface area contributed by atoms with Gasteiger partial charge in [-0.15, -0.1) is 0 Å². The van der Waals surface area contributed by atoms with Crippen molar-refractivity contribution in [2.24, 2.45) is 0 Å². The molecule has 0 fully saturated rings. The molecule has 7 heteroatoms. The number of fused-ring (bicyclic) bond motifs is 3. The summed E-state index contributed by atoms with van der Waals surface area (Å²) in [4.78, 5) is 30.6. The number of carbonyl (C=O) groups is 1. The predicted octanol–water partition coefficient (Wildman–Crippen LogP) is 3.65. The van der Waals surface area contributed by atoms with Crippen LogP contribution in [0.25, 0.3) is 27.8 Å². The predicted molar refractivity (Wildman–Crippen MR) is 122 cm³/mol. The molecule has 0 N–H and O–H groups in total. The number of thiazole rings is 1. The molecule has 0 aliphatic rings. The van der Waals surface area contributed by atoms with E-state index in [0.29, 0.717) is 15.1 Å². The van der Waals surface area contributed by atoms with Crippen LogP contribution in [0.4, 0.5) is 0 Å². The number of nitrogens with zero attached hydrogens (tertiary/aromatic N) is 3. The lowest BCUT2D eigenvalue weighted by molar-refractivity contribution is 0.0600. The van der Waals surface area contributed by atoms with Crippen LogP contribution >= 0.6 is 11.3 Å². The minimum Gasteiger partial charge on any atom is -0.465 e. The van der Waals surface area contributed by atoms with Crippen molar-refractivity contribution in [3.63, 3.8) is 0 Å². The maximum absolute atomic E-state index is 13.1. The fraction of sp³-hybridized carbons (Fsp3) is 0.125. The van der Waals surface area contributed by atoms with Crippen LogP contribution in [0.1, 0.15) is 27.3 Å². The molecule has 0 radical (unpaired) electrons. The molecule has 0 saturated carbocycles. The summed E-state index contributed by atoms with van der Waals surface area (Å²) in [6.45, 7) is 3.96. The molecular formula is C24H19N3O3S. The second-order valence-corrected chi connectivity index (χ2v) is 8.31. The van der Waals surface area contributed by atoms with Gasteiger partial charge in [0.1, 0.15) is 0 Å². The molecular weight excluding hydrogens is 410 g/mol. The van der Waals surface area contributed by atoms with Crippen LogP contribution in [0.2, 0.25) is 0 Å². The molecule has 3 heterocycles. The highest BCUT2D eigenvalue weighted by Crippen LogP contribution is 2.25. The first-order valence-electron chi connectivity index (χ1n) is 9.78. The van der Waals surface area contributed by atoms with Gasteiger partial charge in [0.05, 0.1) is 33.9 Å².